The first kappa shape index (κ1) is 12.9. The van der Waals surface area contributed by atoms with Gasteiger partial charge in [-0.05, 0) is 13.8 Å². The van der Waals surface area contributed by atoms with Crippen LogP contribution >= 0.6 is 0 Å². The summed E-state index contributed by atoms with van der Waals surface area (Å²) in [5, 5.41) is 0. The van der Waals surface area contributed by atoms with E-state index in [0.29, 0.717) is 6.54 Å². The molecule has 90 valence electrons. The Labute approximate surface area is 98.2 Å². The fourth-order valence-electron chi connectivity index (χ4n) is 1.67. The molecule has 0 atom stereocenters. The lowest BCUT2D eigenvalue weighted by atomic mass is 10.3. The van der Waals surface area contributed by atoms with Crippen LogP contribution in [0.3, 0.4) is 0 Å². The van der Waals surface area contributed by atoms with Gasteiger partial charge in [-0.1, -0.05) is 5.92 Å². The van der Waals surface area contributed by atoms with Gasteiger partial charge in [-0.2, -0.15) is 0 Å². The second kappa shape index (κ2) is 5.76. The monoisotopic (exact) mass is 223 g/mol. The summed E-state index contributed by atoms with van der Waals surface area (Å²) in [7, 11) is 1.85. The molecular formula is C12H21N3O. The second-order valence-corrected chi connectivity index (χ2v) is 4.45. The molecule has 4 nitrogen and oxygen atoms in total. The summed E-state index contributed by atoms with van der Waals surface area (Å²) in [5.74, 6) is 2.63. The normalized spacial score (nSPS) is 17.3. The fourth-order valence-corrected chi connectivity index (χ4v) is 1.67. The smallest absolute Gasteiger partial charge is 0.320 e. The number of carbonyl (C=O) groups is 1. The average Bonchev–Trinajstić information content (AvgIpc) is 2.28. The molecule has 1 heterocycles. The Balaban J connectivity index is 2.42. The zero-order chi connectivity index (χ0) is 12.1. The Morgan fingerprint density at radius 1 is 1.38 bits per heavy atom. The second-order valence-electron chi connectivity index (χ2n) is 4.45. The Morgan fingerprint density at radius 2 is 1.94 bits per heavy atom. The third-order valence-corrected chi connectivity index (χ3v) is 3.03. The minimum Gasteiger partial charge on any atom is -0.325 e. The largest absolute Gasteiger partial charge is 0.325 e. The summed E-state index contributed by atoms with van der Waals surface area (Å²) in [6, 6.07) is 0.367. The van der Waals surface area contributed by atoms with Gasteiger partial charge in [0.05, 0.1) is 6.54 Å². The summed E-state index contributed by atoms with van der Waals surface area (Å²) in [6.07, 6.45) is 5.26. The van der Waals surface area contributed by atoms with Crippen molar-refractivity contribution in [3.05, 3.63) is 0 Å². The molecular weight excluding hydrogens is 202 g/mol. The van der Waals surface area contributed by atoms with Gasteiger partial charge in [-0.25, -0.2) is 4.79 Å². The first-order chi connectivity index (χ1) is 7.56. The molecule has 0 saturated carbocycles. The van der Waals surface area contributed by atoms with Crippen molar-refractivity contribution in [2.75, 3.05) is 39.8 Å². The molecule has 0 aromatic rings. The molecule has 2 amide bonds. The highest BCUT2D eigenvalue weighted by molar-refractivity contribution is 5.74. The van der Waals surface area contributed by atoms with Gasteiger partial charge in [0.2, 0.25) is 0 Å². The Bertz CT molecular complexity index is 274. The quantitative estimate of drug-likeness (QED) is 0.644. The Kier molecular flexibility index (Phi) is 4.63. The van der Waals surface area contributed by atoms with Crippen molar-refractivity contribution >= 4 is 6.03 Å². The summed E-state index contributed by atoms with van der Waals surface area (Å²) < 4.78 is 0. The highest BCUT2D eigenvalue weighted by Crippen LogP contribution is 2.06. The molecule has 1 fully saturated rings. The summed E-state index contributed by atoms with van der Waals surface area (Å²) in [5.41, 5.74) is 0. The lowest BCUT2D eigenvalue weighted by molar-refractivity contribution is 0.118. The maximum atomic E-state index is 12.0. The van der Waals surface area contributed by atoms with Crippen molar-refractivity contribution in [1.29, 1.82) is 0 Å². The zero-order valence-electron chi connectivity index (χ0n) is 10.4. The Hall–Kier alpha value is -1.21. The third-order valence-electron chi connectivity index (χ3n) is 3.03. The van der Waals surface area contributed by atoms with Crippen molar-refractivity contribution in [2.45, 2.75) is 19.9 Å². The van der Waals surface area contributed by atoms with E-state index in [9.17, 15) is 4.79 Å². The van der Waals surface area contributed by atoms with Crippen LogP contribution in [0.1, 0.15) is 13.8 Å². The number of hydrogen-bond donors (Lipinski definition) is 0. The SMILES string of the molecule is C#CCN1CCN(C(=O)N(C)C(C)C)CC1. The molecule has 1 rings (SSSR count). The number of rotatable bonds is 2. The molecule has 0 aromatic heterocycles. The van der Waals surface area contributed by atoms with Crippen molar-refractivity contribution in [3.63, 3.8) is 0 Å². The molecule has 0 bridgehead atoms. The van der Waals surface area contributed by atoms with Crippen LogP contribution < -0.4 is 0 Å². The number of nitrogens with zero attached hydrogens (tertiary/aromatic N) is 3. The zero-order valence-corrected chi connectivity index (χ0v) is 10.4. The van der Waals surface area contributed by atoms with Gasteiger partial charge in [0.25, 0.3) is 0 Å². The summed E-state index contributed by atoms with van der Waals surface area (Å²) in [6.45, 7) is 8.03. The summed E-state index contributed by atoms with van der Waals surface area (Å²) in [4.78, 5) is 17.9. The number of piperazine rings is 1. The number of carbonyl (C=O) groups excluding carboxylic acids is 1. The minimum atomic E-state index is 0.121. The van der Waals surface area contributed by atoms with E-state index >= 15 is 0 Å². The molecule has 0 N–H and O–H groups in total. The lowest BCUT2D eigenvalue weighted by Crippen LogP contribution is -2.53. The molecule has 4 heteroatoms. The van der Waals surface area contributed by atoms with Crippen LogP contribution in [0, 0.1) is 12.3 Å². The van der Waals surface area contributed by atoms with Gasteiger partial charge in [0, 0.05) is 39.3 Å². The lowest BCUT2D eigenvalue weighted by Gasteiger charge is -2.36. The third kappa shape index (κ3) is 3.14. The fraction of sp³-hybridized carbons (Fsp3) is 0.750. The van der Waals surface area contributed by atoms with E-state index in [2.05, 4.69) is 10.8 Å². The van der Waals surface area contributed by atoms with Crippen molar-refractivity contribution < 1.29 is 4.79 Å². The Morgan fingerprint density at radius 3 is 2.38 bits per heavy atom. The predicted octanol–water partition coefficient (Wildman–Crippen LogP) is 0.697. The van der Waals surface area contributed by atoms with Crippen molar-refractivity contribution in [2.24, 2.45) is 0 Å². The molecule has 0 radical (unpaired) electrons. The average molecular weight is 223 g/mol. The van der Waals surface area contributed by atoms with E-state index < -0.39 is 0 Å². The van der Waals surface area contributed by atoms with Gasteiger partial charge in [0.1, 0.15) is 0 Å². The minimum absolute atomic E-state index is 0.121. The molecule has 0 aromatic carbocycles. The highest BCUT2D eigenvalue weighted by Gasteiger charge is 2.23. The van der Waals surface area contributed by atoms with E-state index in [-0.39, 0.29) is 12.1 Å². The number of urea groups is 1. The van der Waals surface area contributed by atoms with Gasteiger partial charge in [-0.15, -0.1) is 6.42 Å². The highest BCUT2D eigenvalue weighted by atomic mass is 16.2. The molecule has 0 unspecified atom stereocenters. The van der Waals surface area contributed by atoms with Crippen LogP contribution in [0.25, 0.3) is 0 Å². The molecule has 16 heavy (non-hydrogen) atoms. The van der Waals surface area contributed by atoms with E-state index in [1.807, 2.05) is 25.8 Å². The topological polar surface area (TPSA) is 26.8 Å². The molecule has 1 aliphatic rings. The van der Waals surface area contributed by atoms with Gasteiger partial charge in [0.15, 0.2) is 0 Å². The van der Waals surface area contributed by atoms with Crippen molar-refractivity contribution in [1.82, 2.24) is 14.7 Å². The molecule has 0 aliphatic carbocycles. The van der Waals surface area contributed by atoms with Gasteiger partial charge >= 0.3 is 6.03 Å². The van der Waals surface area contributed by atoms with E-state index in [1.54, 1.807) is 4.90 Å². The first-order valence-corrected chi connectivity index (χ1v) is 5.73. The maximum absolute atomic E-state index is 12.0. The molecule has 1 saturated heterocycles. The van der Waals surface area contributed by atoms with Crippen LogP contribution in [0.5, 0.6) is 0 Å². The van der Waals surface area contributed by atoms with Crippen LogP contribution in [0.2, 0.25) is 0 Å². The number of terminal acetylenes is 1. The van der Waals surface area contributed by atoms with Crippen LogP contribution in [-0.4, -0.2) is 66.5 Å². The summed E-state index contributed by atoms with van der Waals surface area (Å²) >= 11 is 0. The molecule has 1 aliphatic heterocycles. The van der Waals surface area contributed by atoms with E-state index in [1.165, 1.54) is 0 Å². The van der Waals surface area contributed by atoms with Crippen LogP contribution in [0.15, 0.2) is 0 Å². The standard InChI is InChI=1S/C12H21N3O/c1-5-6-14-7-9-15(10-8-14)12(16)13(4)11(2)3/h1,11H,6-10H2,2-4H3. The number of amides is 2. The van der Waals surface area contributed by atoms with Gasteiger partial charge < -0.3 is 9.80 Å². The maximum Gasteiger partial charge on any atom is 0.320 e. The molecule has 0 spiro atoms. The van der Waals surface area contributed by atoms with E-state index in [4.69, 9.17) is 6.42 Å². The number of hydrogen-bond acceptors (Lipinski definition) is 2. The first-order valence-electron chi connectivity index (χ1n) is 5.73. The van der Waals surface area contributed by atoms with E-state index in [0.717, 1.165) is 26.2 Å². The van der Waals surface area contributed by atoms with Gasteiger partial charge in [-0.3, -0.25) is 4.90 Å². The van der Waals surface area contributed by atoms with Crippen molar-refractivity contribution in [3.8, 4) is 12.3 Å². The predicted molar refractivity (Wildman–Crippen MR) is 65.1 cm³/mol. The van der Waals surface area contributed by atoms with Crippen LogP contribution in [-0.2, 0) is 0 Å². The van der Waals surface area contributed by atoms with Crippen LogP contribution in [0.4, 0.5) is 4.79 Å².